The van der Waals surface area contributed by atoms with Gasteiger partial charge in [-0.25, -0.2) is 0 Å². The van der Waals surface area contributed by atoms with E-state index in [1.807, 2.05) is 99.6 Å². The Balaban J connectivity index is 1.92. The zero-order valence-corrected chi connectivity index (χ0v) is 20.9. The topological polar surface area (TPSA) is 67.9 Å². The third-order valence-corrected chi connectivity index (χ3v) is 5.54. The Morgan fingerprint density at radius 1 is 0.886 bits per heavy atom. The summed E-state index contributed by atoms with van der Waals surface area (Å²) < 4.78 is 11.2. The highest BCUT2D eigenvalue weighted by Gasteiger charge is 2.31. The number of hydrogen-bond acceptors (Lipinski definition) is 4. The molecule has 35 heavy (non-hydrogen) atoms. The van der Waals surface area contributed by atoms with Crippen molar-refractivity contribution < 1.29 is 19.1 Å². The minimum atomic E-state index is -0.709. The minimum absolute atomic E-state index is 0.0573. The summed E-state index contributed by atoms with van der Waals surface area (Å²) in [7, 11) is 1.60. The summed E-state index contributed by atoms with van der Waals surface area (Å²) in [5.74, 6) is 0.841. The summed E-state index contributed by atoms with van der Waals surface area (Å²) in [5, 5.41) is 2.99. The molecule has 0 aromatic heterocycles. The lowest BCUT2D eigenvalue weighted by Crippen LogP contribution is -2.52. The van der Waals surface area contributed by atoms with E-state index in [1.165, 1.54) is 0 Å². The standard InChI is InChI=1S/C29H34N2O4/c1-21(2)30-29(33)27(18-23-11-6-5-7-12-23)31(19-24-13-9-14-25(17-24)34-4)28(32)20-35-26-15-8-10-22(3)16-26/h5-17,21,27H,18-20H2,1-4H3,(H,30,33)/t27-/m1/s1. The first-order chi connectivity index (χ1) is 16.9. The molecule has 1 atom stereocenters. The third-order valence-electron chi connectivity index (χ3n) is 5.54. The van der Waals surface area contributed by atoms with Crippen molar-refractivity contribution in [1.82, 2.24) is 10.2 Å². The first kappa shape index (κ1) is 25.8. The smallest absolute Gasteiger partial charge is 0.261 e. The van der Waals surface area contributed by atoms with Crippen molar-refractivity contribution >= 4 is 11.8 Å². The molecule has 0 spiro atoms. The Morgan fingerprint density at radius 2 is 1.57 bits per heavy atom. The maximum atomic E-state index is 13.6. The number of carbonyl (C=O) groups is 2. The van der Waals surface area contributed by atoms with Crippen LogP contribution in [0.4, 0.5) is 0 Å². The van der Waals surface area contributed by atoms with Crippen LogP contribution in [0, 0.1) is 6.92 Å². The van der Waals surface area contributed by atoms with Crippen molar-refractivity contribution in [3.63, 3.8) is 0 Å². The number of hydrogen-bond donors (Lipinski definition) is 1. The van der Waals surface area contributed by atoms with E-state index in [9.17, 15) is 9.59 Å². The molecule has 0 bridgehead atoms. The van der Waals surface area contributed by atoms with E-state index in [4.69, 9.17) is 9.47 Å². The minimum Gasteiger partial charge on any atom is -0.497 e. The van der Waals surface area contributed by atoms with Crippen molar-refractivity contribution in [2.45, 2.75) is 45.8 Å². The lowest BCUT2D eigenvalue weighted by atomic mass is 10.0. The van der Waals surface area contributed by atoms with Gasteiger partial charge in [0.2, 0.25) is 5.91 Å². The molecular formula is C29H34N2O4. The number of ether oxygens (including phenoxy) is 2. The molecule has 184 valence electrons. The molecule has 0 radical (unpaired) electrons. The fourth-order valence-electron chi connectivity index (χ4n) is 3.84. The molecule has 2 amide bonds. The van der Waals surface area contributed by atoms with Crippen LogP contribution in [0.25, 0.3) is 0 Å². The summed E-state index contributed by atoms with van der Waals surface area (Å²) in [6, 6.07) is 24.0. The molecule has 0 aliphatic heterocycles. The molecule has 0 heterocycles. The van der Waals surface area contributed by atoms with Crippen molar-refractivity contribution in [3.05, 3.63) is 95.6 Å². The first-order valence-electron chi connectivity index (χ1n) is 11.8. The molecule has 6 nitrogen and oxygen atoms in total. The number of amides is 2. The van der Waals surface area contributed by atoms with Crippen LogP contribution in [0.3, 0.4) is 0 Å². The zero-order chi connectivity index (χ0) is 25.2. The molecule has 0 saturated heterocycles. The van der Waals surface area contributed by atoms with Gasteiger partial charge in [-0.1, -0.05) is 54.6 Å². The highest BCUT2D eigenvalue weighted by molar-refractivity contribution is 5.88. The number of benzene rings is 3. The second kappa shape index (κ2) is 12.6. The molecule has 0 saturated carbocycles. The Morgan fingerprint density at radius 3 is 2.26 bits per heavy atom. The van der Waals surface area contributed by atoms with Gasteiger partial charge in [-0.05, 0) is 61.7 Å². The van der Waals surface area contributed by atoms with Crippen LogP contribution in [-0.2, 0) is 22.6 Å². The van der Waals surface area contributed by atoms with E-state index in [0.29, 0.717) is 17.9 Å². The van der Waals surface area contributed by atoms with Crippen LogP contribution in [0.15, 0.2) is 78.9 Å². The van der Waals surface area contributed by atoms with Crippen molar-refractivity contribution in [2.75, 3.05) is 13.7 Å². The monoisotopic (exact) mass is 474 g/mol. The molecular weight excluding hydrogens is 440 g/mol. The van der Waals surface area contributed by atoms with Gasteiger partial charge in [0.1, 0.15) is 17.5 Å². The molecule has 0 unspecified atom stereocenters. The Kier molecular flexibility index (Phi) is 9.30. The maximum Gasteiger partial charge on any atom is 0.261 e. The van der Waals surface area contributed by atoms with Crippen LogP contribution >= 0.6 is 0 Å². The largest absolute Gasteiger partial charge is 0.497 e. The lowest BCUT2D eigenvalue weighted by molar-refractivity contribution is -0.143. The Labute approximate surface area is 207 Å². The number of nitrogens with zero attached hydrogens (tertiary/aromatic N) is 1. The van der Waals surface area contributed by atoms with Crippen LogP contribution in [-0.4, -0.2) is 42.5 Å². The zero-order valence-electron chi connectivity index (χ0n) is 20.9. The number of nitrogens with one attached hydrogen (secondary N) is 1. The van der Waals surface area contributed by atoms with E-state index < -0.39 is 6.04 Å². The molecule has 1 N–H and O–H groups in total. The molecule has 0 aliphatic rings. The van der Waals surface area contributed by atoms with E-state index in [2.05, 4.69) is 5.32 Å². The maximum absolute atomic E-state index is 13.6. The molecule has 6 heteroatoms. The van der Waals surface area contributed by atoms with E-state index in [0.717, 1.165) is 16.7 Å². The summed E-state index contributed by atoms with van der Waals surface area (Å²) in [5.41, 5.74) is 2.88. The predicted octanol–water partition coefficient (Wildman–Crippen LogP) is 4.55. The first-order valence-corrected chi connectivity index (χ1v) is 11.8. The van der Waals surface area contributed by atoms with Crippen LogP contribution < -0.4 is 14.8 Å². The van der Waals surface area contributed by atoms with E-state index in [-0.39, 0.29) is 31.0 Å². The number of aryl methyl sites for hydroxylation is 1. The van der Waals surface area contributed by atoms with Crippen molar-refractivity contribution in [2.24, 2.45) is 0 Å². The van der Waals surface area contributed by atoms with Crippen LogP contribution in [0.2, 0.25) is 0 Å². The molecule has 3 rings (SSSR count). The Hall–Kier alpha value is -3.80. The van der Waals surface area contributed by atoms with Crippen molar-refractivity contribution in [3.8, 4) is 11.5 Å². The summed E-state index contributed by atoms with van der Waals surface area (Å²) in [4.78, 5) is 28.5. The number of carbonyl (C=O) groups excluding carboxylic acids is 2. The van der Waals surface area contributed by atoms with Gasteiger partial charge < -0.3 is 19.7 Å². The second-order valence-electron chi connectivity index (χ2n) is 8.85. The SMILES string of the molecule is COc1cccc(CN(C(=O)COc2cccc(C)c2)[C@H](Cc2ccccc2)C(=O)NC(C)C)c1. The van der Waals surface area contributed by atoms with Gasteiger partial charge in [-0.3, -0.25) is 9.59 Å². The fourth-order valence-corrected chi connectivity index (χ4v) is 3.84. The molecule has 3 aromatic carbocycles. The summed E-state index contributed by atoms with van der Waals surface area (Å²) >= 11 is 0. The van der Waals surface area contributed by atoms with E-state index in [1.54, 1.807) is 12.0 Å². The number of rotatable bonds is 11. The van der Waals surface area contributed by atoms with E-state index >= 15 is 0 Å². The van der Waals surface area contributed by atoms with Gasteiger partial charge in [-0.2, -0.15) is 0 Å². The van der Waals surface area contributed by atoms with Gasteiger partial charge in [0.05, 0.1) is 7.11 Å². The average Bonchev–Trinajstić information content (AvgIpc) is 2.85. The van der Waals surface area contributed by atoms with Gasteiger partial charge in [0.25, 0.3) is 5.91 Å². The van der Waals surface area contributed by atoms with Gasteiger partial charge in [0.15, 0.2) is 6.61 Å². The lowest BCUT2D eigenvalue weighted by Gasteiger charge is -2.32. The summed E-state index contributed by atoms with van der Waals surface area (Å²) in [6.07, 6.45) is 0.388. The quantitative estimate of drug-likeness (QED) is 0.443. The normalized spacial score (nSPS) is 11.6. The van der Waals surface area contributed by atoms with Crippen LogP contribution in [0.5, 0.6) is 11.5 Å². The highest BCUT2D eigenvalue weighted by Crippen LogP contribution is 2.19. The number of methoxy groups -OCH3 is 1. The molecule has 0 aliphatic carbocycles. The van der Waals surface area contributed by atoms with Gasteiger partial charge in [-0.15, -0.1) is 0 Å². The van der Waals surface area contributed by atoms with Crippen molar-refractivity contribution in [1.29, 1.82) is 0 Å². The predicted molar refractivity (Wildman–Crippen MR) is 137 cm³/mol. The average molecular weight is 475 g/mol. The van der Waals surface area contributed by atoms with Gasteiger partial charge >= 0.3 is 0 Å². The molecule has 0 fully saturated rings. The third kappa shape index (κ3) is 7.88. The molecule has 3 aromatic rings. The van der Waals surface area contributed by atoms with Gasteiger partial charge in [0, 0.05) is 19.0 Å². The van der Waals surface area contributed by atoms with Crippen LogP contribution in [0.1, 0.15) is 30.5 Å². The fraction of sp³-hybridized carbons (Fsp3) is 0.310. The summed E-state index contributed by atoms with van der Waals surface area (Å²) in [6.45, 7) is 5.86. The second-order valence-corrected chi connectivity index (χ2v) is 8.85. The Bertz CT molecular complexity index is 1110. The highest BCUT2D eigenvalue weighted by atomic mass is 16.5.